The average molecular weight is 304 g/mol. The molecule has 7 heteroatoms. The van der Waals surface area contributed by atoms with Crippen LogP contribution in [0.15, 0.2) is 12.3 Å². The fraction of sp³-hybridized carbons (Fsp3) is 0.600. The molecule has 2 bridgehead atoms. The van der Waals surface area contributed by atoms with Gasteiger partial charge in [-0.1, -0.05) is 13.8 Å². The van der Waals surface area contributed by atoms with Crippen LogP contribution >= 0.6 is 0 Å². The number of fused-ring (bicyclic) bond motifs is 2. The Balaban J connectivity index is 1.91. The summed E-state index contributed by atoms with van der Waals surface area (Å²) in [4.78, 5) is 26.2. The molecule has 3 aliphatic rings. The molecular formula is C15H20N4O3. The number of amides is 1. The molecule has 3 fully saturated rings. The third kappa shape index (κ3) is 2.12. The van der Waals surface area contributed by atoms with Crippen molar-refractivity contribution in [2.24, 2.45) is 23.0 Å². The van der Waals surface area contributed by atoms with Crippen molar-refractivity contribution in [3.8, 4) is 0 Å². The summed E-state index contributed by atoms with van der Waals surface area (Å²) in [5, 5.41) is 14.5. The van der Waals surface area contributed by atoms with Gasteiger partial charge in [0, 0.05) is 12.2 Å². The van der Waals surface area contributed by atoms with E-state index in [0.717, 1.165) is 25.2 Å². The maximum Gasteiger partial charge on any atom is 0.324 e. The molecular weight excluding hydrogens is 284 g/mol. The molecule has 0 radical (unpaired) electrons. The van der Waals surface area contributed by atoms with E-state index < -0.39 is 10.8 Å². The quantitative estimate of drug-likeness (QED) is 0.655. The van der Waals surface area contributed by atoms with Gasteiger partial charge in [0.05, 0.1) is 4.92 Å². The van der Waals surface area contributed by atoms with Crippen LogP contribution in [-0.2, 0) is 0 Å². The Morgan fingerprint density at radius 3 is 2.77 bits per heavy atom. The van der Waals surface area contributed by atoms with Crippen LogP contribution in [0.3, 0.4) is 0 Å². The zero-order valence-corrected chi connectivity index (χ0v) is 12.7. The van der Waals surface area contributed by atoms with Gasteiger partial charge in [0.15, 0.2) is 0 Å². The highest BCUT2D eigenvalue weighted by atomic mass is 16.6. The van der Waals surface area contributed by atoms with Crippen molar-refractivity contribution in [3.05, 3.63) is 27.9 Å². The van der Waals surface area contributed by atoms with Crippen LogP contribution in [0.4, 0.5) is 11.5 Å². The number of pyridine rings is 1. The molecule has 22 heavy (non-hydrogen) atoms. The Labute approximate surface area is 128 Å². The lowest BCUT2D eigenvalue weighted by Gasteiger charge is -2.60. The molecule has 7 nitrogen and oxygen atoms in total. The second-order valence-corrected chi connectivity index (χ2v) is 6.87. The Kier molecular flexibility index (Phi) is 3.30. The number of hydrogen-bond donors (Lipinski definition) is 2. The topological polar surface area (TPSA) is 111 Å². The predicted octanol–water partition coefficient (Wildman–Crippen LogP) is 2.33. The van der Waals surface area contributed by atoms with Crippen LogP contribution in [0.25, 0.3) is 0 Å². The second kappa shape index (κ2) is 4.93. The van der Waals surface area contributed by atoms with Gasteiger partial charge < -0.3 is 11.1 Å². The van der Waals surface area contributed by atoms with Gasteiger partial charge in [0.2, 0.25) is 5.82 Å². The lowest BCUT2D eigenvalue weighted by Crippen LogP contribution is -2.56. The van der Waals surface area contributed by atoms with Gasteiger partial charge >= 0.3 is 5.69 Å². The lowest BCUT2D eigenvalue weighted by molar-refractivity contribution is -0.384. The zero-order chi connectivity index (χ0) is 16.1. The number of aromatic nitrogens is 1. The highest BCUT2D eigenvalue weighted by Crippen LogP contribution is 2.59. The van der Waals surface area contributed by atoms with Gasteiger partial charge in [-0.25, -0.2) is 4.98 Å². The summed E-state index contributed by atoms with van der Waals surface area (Å²) in [6.45, 7) is 4.50. The van der Waals surface area contributed by atoms with E-state index in [0.29, 0.717) is 5.92 Å². The van der Waals surface area contributed by atoms with Crippen molar-refractivity contribution < 1.29 is 9.72 Å². The first-order valence-electron chi connectivity index (χ1n) is 7.52. The van der Waals surface area contributed by atoms with Crippen molar-refractivity contribution in [2.75, 3.05) is 5.32 Å². The number of hydrogen-bond acceptors (Lipinski definition) is 5. The standard InChI is InChI=1S/C15H20N4O3/c1-15(2)8-3-4-11(10(15)7-8)18-14-12(19(21)22)9(13(16)20)5-6-17-14/h5-6,8,10-11H,3-4,7H2,1-2H3,(H2,16,20)(H,17,18). The summed E-state index contributed by atoms with van der Waals surface area (Å²) in [5.41, 5.74) is 5.06. The van der Waals surface area contributed by atoms with E-state index in [1.165, 1.54) is 12.3 Å². The van der Waals surface area contributed by atoms with Crippen LogP contribution in [0.2, 0.25) is 0 Å². The molecule has 1 aromatic heterocycles. The van der Waals surface area contributed by atoms with E-state index in [9.17, 15) is 14.9 Å². The van der Waals surface area contributed by atoms with Crippen LogP contribution < -0.4 is 11.1 Å². The van der Waals surface area contributed by atoms with E-state index in [-0.39, 0.29) is 28.5 Å². The molecule has 0 aliphatic heterocycles. The fourth-order valence-corrected chi connectivity index (χ4v) is 4.10. The zero-order valence-electron chi connectivity index (χ0n) is 12.7. The van der Waals surface area contributed by atoms with Crippen LogP contribution in [0, 0.1) is 27.4 Å². The summed E-state index contributed by atoms with van der Waals surface area (Å²) < 4.78 is 0. The SMILES string of the molecule is CC1(C)C2CCC(Nc3nccc(C(N)=O)c3[N+](=O)[O-])C1C2. The van der Waals surface area contributed by atoms with Crippen molar-refractivity contribution >= 4 is 17.4 Å². The Morgan fingerprint density at radius 1 is 1.50 bits per heavy atom. The number of anilines is 1. The van der Waals surface area contributed by atoms with Gasteiger partial charge in [-0.3, -0.25) is 14.9 Å². The van der Waals surface area contributed by atoms with E-state index in [1.807, 2.05) is 0 Å². The number of nitro groups is 1. The minimum Gasteiger partial charge on any atom is -0.365 e. The second-order valence-electron chi connectivity index (χ2n) is 6.87. The molecule has 3 saturated carbocycles. The number of carbonyl (C=O) groups excluding carboxylic acids is 1. The van der Waals surface area contributed by atoms with Gasteiger partial charge in [-0.2, -0.15) is 0 Å². The largest absolute Gasteiger partial charge is 0.365 e. The first kappa shape index (κ1) is 14.7. The van der Waals surface area contributed by atoms with Crippen molar-refractivity contribution in [2.45, 2.75) is 39.2 Å². The van der Waals surface area contributed by atoms with Gasteiger partial charge in [-0.05, 0) is 42.6 Å². The molecule has 4 rings (SSSR count). The number of nitrogens with zero attached hydrogens (tertiary/aromatic N) is 2. The minimum absolute atomic E-state index is 0.107. The maximum absolute atomic E-state index is 11.4. The third-order valence-electron chi connectivity index (χ3n) is 5.55. The first-order valence-corrected chi connectivity index (χ1v) is 7.52. The summed E-state index contributed by atoms with van der Waals surface area (Å²) in [5.74, 6) is 0.553. The first-order chi connectivity index (χ1) is 10.3. The van der Waals surface area contributed by atoms with Gasteiger partial charge in [0.25, 0.3) is 5.91 Å². The molecule has 3 aliphatic carbocycles. The molecule has 1 aromatic rings. The molecule has 0 spiro atoms. The number of nitrogens with two attached hydrogens (primary N) is 1. The summed E-state index contributed by atoms with van der Waals surface area (Å²) in [6, 6.07) is 1.44. The smallest absolute Gasteiger partial charge is 0.324 e. The average Bonchev–Trinajstić information content (AvgIpc) is 2.46. The van der Waals surface area contributed by atoms with Gasteiger partial charge in [0.1, 0.15) is 5.56 Å². The highest BCUT2D eigenvalue weighted by molar-refractivity contribution is 5.98. The Hall–Kier alpha value is -2.18. The Morgan fingerprint density at radius 2 is 2.23 bits per heavy atom. The summed E-state index contributed by atoms with van der Waals surface area (Å²) in [6.07, 6.45) is 4.61. The normalized spacial score (nSPS) is 28.5. The molecule has 118 valence electrons. The minimum atomic E-state index is -0.815. The molecule has 0 saturated heterocycles. The molecule has 1 amide bonds. The lowest BCUT2D eigenvalue weighted by atomic mass is 9.47. The Bertz CT molecular complexity index is 642. The number of rotatable bonds is 4. The molecule has 3 N–H and O–H groups in total. The molecule has 1 heterocycles. The van der Waals surface area contributed by atoms with Crippen molar-refractivity contribution in [3.63, 3.8) is 0 Å². The molecule has 3 unspecified atom stereocenters. The molecule has 3 atom stereocenters. The maximum atomic E-state index is 11.4. The van der Waals surface area contributed by atoms with Crippen LogP contribution in [0.5, 0.6) is 0 Å². The molecule has 0 aromatic carbocycles. The number of primary amides is 1. The number of carbonyl (C=O) groups is 1. The monoisotopic (exact) mass is 304 g/mol. The van der Waals surface area contributed by atoms with Crippen molar-refractivity contribution in [1.82, 2.24) is 4.98 Å². The van der Waals surface area contributed by atoms with Crippen molar-refractivity contribution in [1.29, 1.82) is 0 Å². The van der Waals surface area contributed by atoms with Gasteiger partial charge in [-0.15, -0.1) is 0 Å². The number of nitrogens with one attached hydrogen (secondary N) is 1. The van der Waals surface area contributed by atoms with E-state index in [2.05, 4.69) is 24.1 Å². The summed E-state index contributed by atoms with van der Waals surface area (Å²) >= 11 is 0. The highest BCUT2D eigenvalue weighted by Gasteiger charge is 2.54. The van der Waals surface area contributed by atoms with Crippen LogP contribution in [0.1, 0.15) is 43.5 Å². The third-order valence-corrected chi connectivity index (χ3v) is 5.55. The van der Waals surface area contributed by atoms with E-state index in [1.54, 1.807) is 0 Å². The van der Waals surface area contributed by atoms with E-state index in [4.69, 9.17) is 5.73 Å². The van der Waals surface area contributed by atoms with E-state index >= 15 is 0 Å². The fourth-order valence-electron chi connectivity index (χ4n) is 4.10. The predicted molar refractivity (Wildman–Crippen MR) is 81.4 cm³/mol. The summed E-state index contributed by atoms with van der Waals surface area (Å²) in [7, 11) is 0. The van der Waals surface area contributed by atoms with Crippen LogP contribution in [-0.4, -0.2) is 21.9 Å².